The number of hydrogen-bond acceptors (Lipinski definition) is 4. The van der Waals surface area contributed by atoms with E-state index in [1.165, 1.54) is 12.7 Å². The van der Waals surface area contributed by atoms with E-state index in [1.54, 1.807) is 0 Å². The average molecular weight is 274 g/mol. The van der Waals surface area contributed by atoms with Gasteiger partial charge in [0.2, 0.25) is 0 Å². The smallest absolute Gasteiger partial charge is 0.343 e. The van der Waals surface area contributed by atoms with Crippen molar-refractivity contribution in [3.05, 3.63) is 48.3 Å². The molecule has 0 unspecified atom stereocenters. The number of aromatic nitrogens is 1. The van der Waals surface area contributed by atoms with Crippen LogP contribution in [0.25, 0.3) is 0 Å². The standard InChI is InChI=1S/C15H18N2O3/c1-17-8-7-12(10-17)9-16-13-3-5-14(6-4-13)20-11-15(18)19-2/h3-8,10,16H,9,11H2,1-2H3. The predicted molar refractivity (Wildman–Crippen MR) is 76.7 cm³/mol. The Morgan fingerprint density at radius 3 is 2.60 bits per heavy atom. The van der Waals surface area contributed by atoms with Crippen LogP contribution in [0, 0.1) is 0 Å². The van der Waals surface area contributed by atoms with Crippen LogP contribution in [0.15, 0.2) is 42.7 Å². The number of hydrogen-bond donors (Lipinski definition) is 1. The molecule has 0 aliphatic heterocycles. The zero-order valence-electron chi connectivity index (χ0n) is 11.6. The van der Waals surface area contributed by atoms with Gasteiger partial charge < -0.3 is 19.4 Å². The van der Waals surface area contributed by atoms with E-state index < -0.39 is 5.97 Å². The number of carbonyl (C=O) groups is 1. The van der Waals surface area contributed by atoms with E-state index in [-0.39, 0.29) is 6.61 Å². The first-order valence-electron chi connectivity index (χ1n) is 6.32. The molecule has 0 fully saturated rings. The third-order valence-corrected chi connectivity index (χ3v) is 2.83. The predicted octanol–water partition coefficient (Wildman–Crippen LogP) is 2.19. The third-order valence-electron chi connectivity index (χ3n) is 2.83. The zero-order valence-corrected chi connectivity index (χ0v) is 11.6. The molecule has 0 amide bonds. The third kappa shape index (κ3) is 4.05. The number of ether oxygens (including phenoxy) is 2. The minimum Gasteiger partial charge on any atom is -0.482 e. The number of anilines is 1. The Labute approximate surface area is 118 Å². The number of nitrogens with one attached hydrogen (secondary N) is 1. The molecule has 0 aliphatic carbocycles. The lowest BCUT2D eigenvalue weighted by Gasteiger charge is -2.07. The summed E-state index contributed by atoms with van der Waals surface area (Å²) in [5.74, 6) is 0.247. The molecule has 1 aromatic carbocycles. The molecule has 1 heterocycles. The van der Waals surface area contributed by atoms with Crippen molar-refractivity contribution in [2.75, 3.05) is 19.0 Å². The summed E-state index contributed by atoms with van der Waals surface area (Å²) in [6.45, 7) is 0.691. The van der Waals surface area contributed by atoms with E-state index in [4.69, 9.17) is 4.74 Å². The number of esters is 1. The first-order valence-corrected chi connectivity index (χ1v) is 6.32. The van der Waals surface area contributed by atoms with E-state index in [2.05, 4.69) is 22.3 Å². The molecule has 0 atom stereocenters. The lowest BCUT2D eigenvalue weighted by Crippen LogP contribution is -2.12. The molecule has 5 heteroatoms. The van der Waals surface area contributed by atoms with Crippen LogP contribution in [0.1, 0.15) is 5.56 Å². The van der Waals surface area contributed by atoms with E-state index in [1.807, 2.05) is 42.1 Å². The van der Waals surface area contributed by atoms with Gasteiger partial charge in [-0.25, -0.2) is 4.79 Å². The molecule has 0 saturated heterocycles. The van der Waals surface area contributed by atoms with Crippen molar-refractivity contribution in [1.29, 1.82) is 0 Å². The molecule has 1 N–H and O–H groups in total. The molecule has 2 aromatic rings. The summed E-state index contributed by atoms with van der Waals surface area (Å²) in [6.07, 6.45) is 4.08. The second-order valence-electron chi connectivity index (χ2n) is 4.43. The Balaban J connectivity index is 1.83. The van der Waals surface area contributed by atoms with Crippen LogP contribution >= 0.6 is 0 Å². The van der Waals surface area contributed by atoms with Gasteiger partial charge in [-0.1, -0.05) is 0 Å². The maximum Gasteiger partial charge on any atom is 0.343 e. The van der Waals surface area contributed by atoms with Crippen LogP contribution in [-0.2, 0) is 23.1 Å². The Hall–Kier alpha value is -2.43. The second-order valence-corrected chi connectivity index (χ2v) is 4.43. The minimum atomic E-state index is -0.392. The quantitative estimate of drug-likeness (QED) is 0.820. The normalized spacial score (nSPS) is 10.1. The van der Waals surface area contributed by atoms with Gasteiger partial charge >= 0.3 is 5.97 Å². The Kier molecular flexibility index (Phi) is 4.65. The largest absolute Gasteiger partial charge is 0.482 e. The average Bonchev–Trinajstić information content (AvgIpc) is 2.89. The maximum atomic E-state index is 11.0. The fourth-order valence-corrected chi connectivity index (χ4v) is 1.74. The number of carbonyl (C=O) groups excluding carboxylic acids is 1. The summed E-state index contributed by atoms with van der Waals surface area (Å²) in [4.78, 5) is 11.0. The molecular weight excluding hydrogens is 256 g/mol. The number of benzene rings is 1. The minimum absolute atomic E-state index is 0.0761. The summed E-state index contributed by atoms with van der Waals surface area (Å²) < 4.78 is 11.8. The summed E-state index contributed by atoms with van der Waals surface area (Å²) in [6, 6.07) is 9.53. The van der Waals surface area contributed by atoms with Crippen LogP contribution in [0.3, 0.4) is 0 Å². The van der Waals surface area contributed by atoms with Crippen molar-refractivity contribution < 1.29 is 14.3 Å². The molecule has 0 bridgehead atoms. The van der Waals surface area contributed by atoms with Crippen molar-refractivity contribution in [3.8, 4) is 5.75 Å². The molecule has 5 nitrogen and oxygen atoms in total. The summed E-state index contributed by atoms with van der Waals surface area (Å²) in [5, 5.41) is 3.32. The first kappa shape index (κ1) is 14.0. The van der Waals surface area contributed by atoms with E-state index >= 15 is 0 Å². The highest BCUT2D eigenvalue weighted by Gasteiger charge is 2.01. The SMILES string of the molecule is COC(=O)COc1ccc(NCc2ccn(C)c2)cc1. The number of nitrogens with zero attached hydrogens (tertiary/aromatic N) is 1. The van der Waals surface area contributed by atoms with Gasteiger partial charge in [0.1, 0.15) is 5.75 Å². The molecule has 20 heavy (non-hydrogen) atoms. The topological polar surface area (TPSA) is 52.5 Å². The molecule has 0 spiro atoms. The Bertz CT molecular complexity index is 561. The van der Waals surface area contributed by atoms with Gasteiger partial charge in [-0.15, -0.1) is 0 Å². The maximum absolute atomic E-state index is 11.0. The molecule has 2 rings (SSSR count). The highest BCUT2D eigenvalue weighted by Crippen LogP contribution is 2.16. The van der Waals surface area contributed by atoms with Crippen molar-refractivity contribution >= 4 is 11.7 Å². The van der Waals surface area contributed by atoms with Gasteiger partial charge in [-0.2, -0.15) is 0 Å². The van der Waals surface area contributed by atoms with Gasteiger partial charge in [0.25, 0.3) is 0 Å². The summed E-state index contributed by atoms with van der Waals surface area (Å²) >= 11 is 0. The van der Waals surface area contributed by atoms with Crippen LogP contribution in [0.4, 0.5) is 5.69 Å². The van der Waals surface area contributed by atoms with Crippen molar-refractivity contribution in [2.24, 2.45) is 7.05 Å². The molecule has 1 aromatic heterocycles. The zero-order chi connectivity index (χ0) is 14.4. The first-order chi connectivity index (χ1) is 9.67. The van der Waals surface area contributed by atoms with Crippen LogP contribution < -0.4 is 10.1 Å². The van der Waals surface area contributed by atoms with Crippen molar-refractivity contribution in [1.82, 2.24) is 4.57 Å². The number of rotatable bonds is 6. The highest BCUT2D eigenvalue weighted by molar-refractivity contribution is 5.70. The van der Waals surface area contributed by atoms with Crippen LogP contribution in [0.2, 0.25) is 0 Å². The van der Waals surface area contributed by atoms with Gasteiger partial charge in [-0.3, -0.25) is 0 Å². The van der Waals surface area contributed by atoms with Gasteiger partial charge in [0.15, 0.2) is 6.61 Å². The second kappa shape index (κ2) is 6.65. The molecule has 106 valence electrons. The summed E-state index contributed by atoms with van der Waals surface area (Å²) in [7, 11) is 3.33. The Morgan fingerprint density at radius 2 is 2.00 bits per heavy atom. The fraction of sp³-hybridized carbons (Fsp3) is 0.267. The monoisotopic (exact) mass is 274 g/mol. The molecular formula is C15H18N2O3. The lowest BCUT2D eigenvalue weighted by atomic mass is 10.3. The Morgan fingerprint density at radius 1 is 1.25 bits per heavy atom. The van der Waals surface area contributed by atoms with Gasteiger partial charge in [-0.05, 0) is 35.9 Å². The summed E-state index contributed by atoms with van der Waals surface area (Å²) in [5.41, 5.74) is 2.22. The van der Waals surface area contributed by atoms with Crippen molar-refractivity contribution in [3.63, 3.8) is 0 Å². The van der Waals surface area contributed by atoms with Crippen molar-refractivity contribution in [2.45, 2.75) is 6.54 Å². The van der Waals surface area contributed by atoms with E-state index in [9.17, 15) is 4.79 Å². The highest BCUT2D eigenvalue weighted by atomic mass is 16.6. The van der Waals surface area contributed by atoms with E-state index in [0.29, 0.717) is 5.75 Å². The number of aryl methyl sites for hydroxylation is 1. The van der Waals surface area contributed by atoms with E-state index in [0.717, 1.165) is 12.2 Å². The molecule has 0 radical (unpaired) electrons. The lowest BCUT2D eigenvalue weighted by molar-refractivity contribution is -0.142. The molecule has 0 aliphatic rings. The van der Waals surface area contributed by atoms with Crippen LogP contribution in [0.5, 0.6) is 5.75 Å². The molecule has 0 saturated carbocycles. The van der Waals surface area contributed by atoms with Gasteiger partial charge in [0.05, 0.1) is 7.11 Å². The van der Waals surface area contributed by atoms with Crippen LogP contribution in [-0.4, -0.2) is 24.3 Å². The number of methoxy groups -OCH3 is 1. The van der Waals surface area contributed by atoms with Gasteiger partial charge in [0, 0.05) is 31.7 Å². The fourth-order valence-electron chi connectivity index (χ4n) is 1.74.